The van der Waals surface area contributed by atoms with Gasteiger partial charge in [0.05, 0.1) is 29.9 Å². The second-order valence-electron chi connectivity index (χ2n) is 7.01. The summed E-state index contributed by atoms with van der Waals surface area (Å²) in [6.45, 7) is 2.79. The number of ether oxygens (including phenoxy) is 1. The zero-order chi connectivity index (χ0) is 17.2. The molecule has 1 amide bonds. The Morgan fingerprint density at radius 1 is 1.24 bits per heavy atom. The van der Waals surface area contributed by atoms with Crippen LogP contribution in [0.2, 0.25) is 0 Å². The number of carbonyl (C=O) groups is 1. The van der Waals surface area contributed by atoms with Crippen LogP contribution in [0.25, 0.3) is 0 Å². The van der Waals surface area contributed by atoms with Gasteiger partial charge in [0, 0.05) is 24.7 Å². The molecule has 0 unspecified atom stereocenters. The number of benzene rings is 1. The van der Waals surface area contributed by atoms with E-state index in [0.29, 0.717) is 12.3 Å². The second-order valence-corrected chi connectivity index (χ2v) is 7.01. The molecule has 1 aromatic carbocycles. The van der Waals surface area contributed by atoms with E-state index in [1.165, 1.54) is 11.1 Å². The summed E-state index contributed by atoms with van der Waals surface area (Å²) in [5, 5.41) is 0. The number of methoxy groups -OCH3 is 1. The zero-order valence-corrected chi connectivity index (χ0v) is 14.3. The summed E-state index contributed by atoms with van der Waals surface area (Å²) in [6, 6.07) is 12.2. The number of hydrogen-bond acceptors (Lipinski definition) is 4. The van der Waals surface area contributed by atoms with Crippen molar-refractivity contribution in [2.75, 3.05) is 13.7 Å². The van der Waals surface area contributed by atoms with Gasteiger partial charge in [-0.25, -0.2) is 4.98 Å². The molecule has 5 heteroatoms. The van der Waals surface area contributed by atoms with E-state index in [1.807, 2.05) is 24.0 Å². The van der Waals surface area contributed by atoms with Gasteiger partial charge >= 0.3 is 0 Å². The third-order valence-corrected chi connectivity index (χ3v) is 5.91. The van der Waals surface area contributed by atoms with Gasteiger partial charge in [-0.05, 0) is 30.5 Å². The Morgan fingerprint density at radius 2 is 2.08 bits per heavy atom. The molecule has 0 saturated carbocycles. The summed E-state index contributed by atoms with van der Waals surface area (Å²) in [6.07, 6.45) is 1.33. The average molecular weight is 333 g/mol. The zero-order valence-electron chi connectivity index (χ0n) is 14.3. The first-order valence-corrected chi connectivity index (χ1v) is 8.64. The van der Waals surface area contributed by atoms with Crippen molar-refractivity contribution in [1.29, 1.82) is 0 Å². The van der Waals surface area contributed by atoms with Crippen LogP contribution in [-0.2, 0) is 16.6 Å². The van der Waals surface area contributed by atoms with E-state index in [4.69, 9.17) is 14.7 Å². The molecule has 2 atom stereocenters. The Bertz CT molecular complexity index is 936. The van der Waals surface area contributed by atoms with Gasteiger partial charge in [-0.2, -0.15) is 0 Å². The van der Waals surface area contributed by atoms with Gasteiger partial charge < -0.3 is 9.64 Å². The number of amides is 1. The number of aromatic nitrogens is 1. The first kappa shape index (κ1) is 14.6. The van der Waals surface area contributed by atoms with Crippen molar-refractivity contribution in [2.45, 2.75) is 31.2 Å². The topological polar surface area (TPSA) is 54.8 Å². The minimum absolute atomic E-state index is 0.0328. The lowest BCUT2D eigenvalue weighted by Gasteiger charge is -2.39. The van der Waals surface area contributed by atoms with Crippen LogP contribution >= 0.6 is 0 Å². The summed E-state index contributed by atoms with van der Waals surface area (Å²) >= 11 is 0. The number of carbonyl (C=O) groups excluding carboxylic acids is 1. The van der Waals surface area contributed by atoms with Crippen molar-refractivity contribution >= 4 is 17.3 Å². The van der Waals surface area contributed by atoms with Crippen molar-refractivity contribution in [3.8, 4) is 5.88 Å². The van der Waals surface area contributed by atoms with Crippen LogP contribution in [-0.4, -0.2) is 35.2 Å². The minimum atomic E-state index is -0.489. The molecule has 0 N–H and O–H groups in total. The Hall–Kier alpha value is -2.69. The summed E-state index contributed by atoms with van der Waals surface area (Å²) in [4.78, 5) is 24.4. The molecule has 3 aliphatic heterocycles. The van der Waals surface area contributed by atoms with Gasteiger partial charge in [0.1, 0.15) is 0 Å². The van der Waals surface area contributed by atoms with E-state index in [9.17, 15) is 4.79 Å². The van der Waals surface area contributed by atoms with Crippen LogP contribution in [0.5, 0.6) is 5.88 Å². The smallest absolute Gasteiger partial charge is 0.224 e. The van der Waals surface area contributed by atoms with Crippen molar-refractivity contribution in [3.63, 3.8) is 0 Å². The summed E-state index contributed by atoms with van der Waals surface area (Å²) in [7, 11) is 1.62. The lowest BCUT2D eigenvalue weighted by molar-refractivity contribution is -0.129. The largest absolute Gasteiger partial charge is 0.481 e. The van der Waals surface area contributed by atoms with E-state index >= 15 is 0 Å². The highest BCUT2D eigenvalue weighted by Gasteiger charge is 2.60. The van der Waals surface area contributed by atoms with Crippen molar-refractivity contribution in [1.82, 2.24) is 9.88 Å². The minimum Gasteiger partial charge on any atom is -0.481 e. The predicted molar refractivity (Wildman–Crippen MR) is 94.5 cm³/mol. The lowest BCUT2D eigenvalue weighted by atomic mass is 9.70. The average Bonchev–Trinajstić information content (AvgIpc) is 3.10. The number of rotatable bonds is 1. The molecule has 4 heterocycles. The maximum absolute atomic E-state index is 12.9. The van der Waals surface area contributed by atoms with Crippen molar-refractivity contribution in [3.05, 3.63) is 53.2 Å². The van der Waals surface area contributed by atoms with Crippen LogP contribution in [0.1, 0.15) is 36.2 Å². The molecule has 5 nitrogen and oxygen atoms in total. The first-order valence-electron chi connectivity index (χ1n) is 8.64. The number of pyridine rings is 1. The number of hydrogen-bond donors (Lipinski definition) is 0. The van der Waals surface area contributed by atoms with E-state index in [2.05, 4.69) is 24.3 Å². The maximum atomic E-state index is 12.9. The number of nitrogens with zero attached hydrogens (tertiary/aromatic N) is 3. The third kappa shape index (κ3) is 1.75. The molecule has 1 aromatic heterocycles. The van der Waals surface area contributed by atoms with Gasteiger partial charge in [-0.1, -0.05) is 24.3 Å². The molecule has 0 radical (unpaired) electrons. The summed E-state index contributed by atoms with van der Waals surface area (Å²) in [5.74, 6) is 0.754. The van der Waals surface area contributed by atoms with Crippen LogP contribution < -0.4 is 4.74 Å². The Labute approximate surface area is 146 Å². The maximum Gasteiger partial charge on any atom is 0.224 e. The highest BCUT2D eigenvalue weighted by molar-refractivity contribution is 6.06. The predicted octanol–water partition coefficient (Wildman–Crippen LogP) is 2.96. The molecular formula is C20H19N3O2. The van der Waals surface area contributed by atoms with Gasteiger partial charge in [-0.15, -0.1) is 0 Å². The van der Waals surface area contributed by atoms with Crippen LogP contribution in [0.3, 0.4) is 0 Å². The molecule has 2 aromatic rings. The third-order valence-electron chi connectivity index (χ3n) is 5.91. The quantitative estimate of drug-likeness (QED) is 0.806. The fourth-order valence-electron chi connectivity index (χ4n) is 4.76. The normalized spacial score (nSPS) is 26.3. The highest BCUT2D eigenvalue weighted by Crippen LogP contribution is 2.57. The first-order chi connectivity index (χ1) is 12.1. The number of fused-ring (bicyclic) bond motifs is 6. The summed E-state index contributed by atoms with van der Waals surface area (Å²) < 4.78 is 5.35. The van der Waals surface area contributed by atoms with Gasteiger partial charge in [0.25, 0.3) is 0 Å². The molecule has 3 aliphatic rings. The second kappa shape index (κ2) is 4.91. The van der Waals surface area contributed by atoms with E-state index in [1.54, 1.807) is 7.11 Å². The molecule has 5 rings (SSSR count). The standard InChI is InChI=1S/C20H19N3O2/c1-12-20(18-15(21-12)7-8-16(22-18)25-2)11-17(24)23-10-9-13-5-3-4-6-14(13)19(20)23/h3-8,19H,9-11H2,1-2H3/t19-,20-/m1/s1. The van der Waals surface area contributed by atoms with Gasteiger partial charge in [-0.3, -0.25) is 9.79 Å². The fraction of sp³-hybridized carbons (Fsp3) is 0.350. The van der Waals surface area contributed by atoms with Crippen LogP contribution in [0.15, 0.2) is 41.4 Å². The molecular weight excluding hydrogens is 314 g/mol. The highest BCUT2D eigenvalue weighted by atomic mass is 16.5. The molecule has 1 saturated heterocycles. The van der Waals surface area contributed by atoms with E-state index in [-0.39, 0.29) is 11.9 Å². The van der Waals surface area contributed by atoms with Crippen molar-refractivity contribution in [2.24, 2.45) is 4.99 Å². The van der Waals surface area contributed by atoms with E-state index in [0.717, 1.165) is 30.1 Å². The fourth-order valence-corrected chi connectivity index (χ4v) is 4.76. The summed E-state index contributed by atoms with van der Waals surface area (Å²) in [5.41, 5.74) is 4.77. The lowest BCUT2D eigenvalue weighted by Crippen LogP contribution is -2.43. The molecule has 1 fully saturated rings. The van der Waals surface area contributed by atoms with Crippen LogP contribution in [0, 0.1) is 0 Å². The Morgan fingerprint density at radius 3 is 2.92 bits per heavy atom. The monoisotopic (exact) mass is 333 g/mol. The number of aliphatic imine (C=N–C) groups is 1. The molecule has 25 heavy (non-hydrogen) atoms. The van der Waals surface area contributed by atoms with Gasteiger partial charge in [0.15, 0.2) is 0 Å². The molecule has 0 aliphatic carbocycles. The molecule has 0 bridgehead atoms. The van der Waals surface area contributed by atoms with Gasteiger partial charge in [0.2, 0.25) is 11.8 Å². The van der Waals surface area contributed by atoms with Crippen molar-refractivity contribution < 1.29 is 9.53 Å². The Balaban J connectivity index is 1.78. The van der Waals surface area contributed by atoms with Crippen LogP contribution in [0.4, 0.5) is 5.69 Å². The molecule has 126 valence electrons. The molecule has 1 spiro atoms. The Kier molecular flexibility index (Phi) is 2.87. The SMILES string of the molecule is COc1ccc2c(n1)[C@@]1(CC(=O)N3CCc4ccccc4[C@@H]31)C(C)=N2. The van der Waals surface area contributed by atoms with E-state index < -0.39 is 5.41 Å².